The van der Waals surface area contributed by atoms with Crippen LogP contribution in [0.5, 0.6) is 0 Å². The van der Waals surface area contributed by atoms with Gasteiger partial charge in [0.2, 0.25) is 0 Å². The zero-order chi connectivity index (χ0) is 11.8. The van der Waals surface area contributed by atoms with Gasteiger partial charge in [0.25, 0.3) is 0 Å². The number of fused-ring (bicyclic) bond motifs is 2. The van der Waals surface area contributed by atoms with Crippen LogP contribution in [0, 0.1) is 17.8 Å². The molecule has 2 bridgehead atoms. The van der Waals surface area contributed by atoms with Gasteiger partial charge in [-0.3, -0.25) is 4.79 Å². The quantitative estimate of drug-likeness (QED) is 0.741. The fourth-order valence-electron chi connectivity index (χ4n) is 3.41. The molecule has 1 fully saturated rings. The van der Waals surface area contributed by atoms with Gasteiger partial charge in [-0.2, -0.15) is 0 Å². The van der Waals surface area contributed by atoms with Gasteiger partial charge >= 0.3 is 0 Å². The number of rotatable bonds is 2. The Bertz CT molecular complexity index is 451. The maximum Gasteiger partial charge on any atom is 0.192 e. The number of allylic oxidation sites excluding steroid dienone is 2. The third kappa shape index (κ3) is 1.75. The van der Waals surface area contributed by atoms with Crippen LogP contribution in [0.4, 0.5) is 0 Å². The van der Waals surface area contributed by atoms with Crippen LogP contribution >= 0.6 is 11.8 Å². The Morgan fingerprint density at radius 3 is 2.59 bits per heavy atom. The van der Waals surface area contributed by atoms with Gasteiger partial charge in [0, 0.05) is 11.8 Å². The van der Waals surface area contributed by atoms with Crippen molar-refractivity contribution in [2.45, 2.75) is 12.3 Å². The molecule has 0 unspecified atom stereocenters. The summed E-state index contributed by atoms with van der Waals surface area (Å²) >= 11 is 1.39. The lowest BCUT2D eigenvalue weighted by Gasteiger charge is -2.26. The molecule has 0 spiro atoms. The fourth-order valence-corrected chi connectivity index (χ4v) is 4.00. The Labute approximate surface area is 106 Å². The average molecular weight is 244 g/mol. The van der Waals surface area contributed by atoms with Gasteiger partial charge in [0.1, 0.15) is 0 Å². The molecule has 2 heteroatoms. The molecule has 17 heavy (non-hydrogen) atoms. The van der Waals surface area contributed by atoms with Gasteiger partial charge in [0.05, 0.1) is 0 Å². The first kappa shape index (κ1) is 11.1. The van der Waals surface area contributed by atoms with Crippen molar-refractivity contribution in [1.82, 2.24) is 0 Å². The van der Waals surface area contributed by atoms with Gasteiger partial charge < -0.3 is 0 Å². The van der Waals surface area contributed by atoms with E-state index in [1.165, 1.54) is 17.3 Å². The average Bonchev–Trinajstić information content (AvgIpc) is 2.99. The SMILES string of the molecule is CSC(=O)[C@@H]1[C@@H](c2ccccc2)[C@@H]2C=C[C@H]1C2. The number of benzene rings is 1. The van der Waals surface area contributed by atoms with Crippen molar-refractivity contribution in [3.8, 4) is 0 Å². The normalized spacial score (nSPS) is 34.2. The topological polar surface area (TPSA) is 17.1 Å². The number of carbonyl (C=O) groups excluding carboxylic acids is 1. The number of hydrogen-bond acceptors (Lipinski definition) is 2. The first-order valence-corrected chi connectivity index (χ1v) is 7.35. The molecule has 3 rings (SSSR count). The summed E-state index contributed by atoms with van der Waals surface area (Å²) < 4.78 is 0. The molecule has 0 amide bonds. The monoisotopic (exact) mass is 244 g/mol. The molecule has 0 N–H and O–H groups in total. The fraction of sp³-hybridized carbons (Fsp3) is 0.400. The maximum atomic E-state index is 12.1. The number of carbonyl (C=O) groups is 1. The van der Waals surface area contributed by atoms with E-state index in [1.807, 2.05) is 12.3 Å². The summed E-state index contributed by atoms with van der Waals surface area (Å²) in [4.78, 5) is 12.1. The minimum Gasteiger partial charge on any atom is -0.287 e. The van der Waals surface area contributed by atoms with Gasteiger partial charge in [-0.05, 0) is 30.1 Å². The molecule has 1 nitrogen and oxygen atoms in total. The Kier molecular flexibility index (Phi) is 2.83. The standard InChI is InChI=1S/C15H16OS/c1-17-15(16)14-12-8-7-11(9-12)13(14)10-5-3-2-4-6-10/h2-8,11-14H,9H2,1H3/t11-,12+,13+,14+/m1/s1. The van der Waals surface area contributed by atoms with E-state index in [-0.39, 0.29) is 5.92 Å². The summed E-state index contributed by atoms with van der Waals surface area (Å²) in [5.41, 5.74) is 1.33. The van der Waals surface area contributed by atoms with Crippen LogP contribution in [0.15, 0.2) is 42.5 Å². The highest BCUT2D eigenvalue weighted by molar-refractivity contribution is 8.13. The second kappa shape index (κ2) is 4.34. The molecular weight excluding hydrogens is 228 g/mol. The third-order valence-electron chi connectivity index (χ3n) is 4.12. The zero-order valence-corrected chi connectivity index (χ0v) is 10.7. The van der Waals surface area contributed by atoms with Crippen molar-refractivity contribution in [1.29, 1.82) is 0 Å². The minimum absolute atomic E-state index is 0.197. The molecular formula is C15H16OS. The molecule has 88 valence electrons. The molecule has 4 atom stereocenters. The van der Waals surface area contributed by atoms with Crippen molar-refractivity contribution in [2.24, 2.45) is 17.8 Å². The summed E-state index contributed by atoms with van der Waals surface area (Å²) in [5, 5.41) is 0.357. The van der Waals surface area contributed by atoms with Crippen molar-refractivity contribution in [3.63, 3.8) is 0 Å². The highest BCUT2D eigenvalue weighted by Gasteiger charge is 2.48. The predicted octanol–water partition coefficient (Wildman–Crippen LogP) is 3.48. The van der Waals surface area contributed by atoms with E-state index in [1.54, 1.807) is 0 Å². The summed E-state index contributed by atoms with van der Waals surface area (Å²) in [7, 11) is 0. The van der Waals surface area contributed by atoms with Crippen LogP contribution in [-0.4, -0.2) is 11.4 Å². The highest BCUT2D eigenvalue weighted by atomic mass is 32.2. The molecule has 2 aliphatic carbocycles. The summed E-state index contributed by atoms with van der Waals surface area (Å²) in [6, 6.07) is 10.5. The molecule has 0 saturated heterocycles. The molecule has 2 aliphatic rings. The molecule has 0 heterocycles. The Morgan fingerprint density at radius 1 is 1.18 bits per heavy atom. The lowest BCUT2D eigenvalue weighted by atomic mass is 9.79. The molecule has 0 radical (unpaired) electrons. The molecule has 0 aliphatic heterocycles. The van der Waals surface area contributed by atoms with Gasteiger partial charge in [0.15, 0.2) is 5.12 Å². The van der Waals surface area contributed by atoms with E-state index in [4.69, 9.17) is 0 Å². The number of thioether (sulfide) groups is 1. The second-order valence-electron chi connectivity index (χ2n) is 4.93. The van der Waals surface area contributed by atoms with E-state index in [0.29, 0.717) is 22.9 Å². The van der Waals surface area contributed by atoms with Crippen LogP contribution in [0.25, 0.3) is 0 Å². The first-order chi connectivity index (χ1) is 8.31. The smallest absolute Gasteiger partial charge is 0.192 e. The van der Waals surface area contributed by atoms with Crippen molar-refractivity contribution in [2.75, 3.05) is 6.26 Å². The Balaban J connectivity index is 1.97. The maximum absolute atomic E-state index is 12.1. The van der Waals surface area contributed by atoms with Crippen LogP contribution < -0.4 is 0 Å². The molecule has 1 aromatic carbocycles. The van der Waals surface area contributed by atoms with E-state index in [9.17, 15) is 4.79 Å². The highest BCUT2D eigenvalue weighted by Crippen LogP contribution is 2.54. The molecule has 1 aromatic rings. The Hall–Kier alpha value is -1.02. The van der Waals surface area contributed by atoms with Gasteiger partial charge in [-0.25, -0.2) is 0 Å². The lowest BCUT2D eigenvalue weighted by Crippen LogP contribution is -2.24. The zero-order valence-electron chi connectivity index (χ0n) is 9.87. The van der Waals surface area contributed by atoms with Crippen molar-refractivity contribution in [3.05, 3.63) is 48.0 Å². The van der Waals surface area contributed by atoms with E-state index >= 15 is 0 Å². The van der Waals surface area contributed by atoms with Gasteiger partial charge in [-0.15, -0.1) is 0 Å². The predicted molar refractivity (Wildman–Crippen MR) is 71.9 cm³/mol. The van der Waals surface area contributed by atoms with Crippen molar-refractivity contribution >= 4 is 16.9 Å². The number of hydrogen-bond donors (Lipinski definition) is 0. The second-order valence-corrected chi connectivity index (χ2v) is 5.74. The summed E-state index contributed by atoms with van der Waals surface area (Å²) in [5.74, 6) is 1.65. The Morgan fingerprint density at radius 2 is 1.88 bits per heavy atom. The first-order valence-electron chi connectivity index (χ1n) is 6.12. The van der Waals surface area contributed by atoms with E-state index in [2.05, 4.69) is 36.4 Å². The van der Waals surface area contributed by atoms with E-state index < -0.39 is 0 Å². The van der Waals surface area contributed by atoms with Crippen molar-refractivity contribution < 1.29 is 4.79 Å². The lowest BCUT2D eigenvalue weighted by molar-refractivity contribution is -0.115. The minimum atomic E-state index is 0.197. The van der Waals surface area contributed by atoms with Crippen LogP contribution in [0.2, 0.25) is 0 Å². The van der Waals surface area contributed by atoms with Gasteiger partial charge in [-0.1, -0.05) is 54.2 Å². The largest absolute Gasteiger partial charge is 0.287 e. The van der Waals surface area contributed by atoms with E-state index in [0.717, 1.165) is 6.42 Å². The van der Waals surface area contributed by atoms with Crippen LogP contribution in [0.1, 0.15) is 17.9 Å². The summed E-state index contributed by atoms with van der Waals surface area (Å²) in [6.07, 6.45) is 7.63. The summed E-state index contributed by atoms with van der Waals surface area (Å²) in [6.45, 7) is 0. The molecule has 1 saturated carbocycles. The van der Waals surface area contributed by atoms with Crippen LogP contribution in [0.3, 0.4) is 0 Å². The third-order valence-corrected chi connectivity index (χ3v) is 4.79. The van der Waals surface area contributed by atoms with Crippen LogP contribution in [-0.2, 0) is 4.79 Å². The molecule has 0 aromatic heterocycles.